The van der Waals surface area contributed by atoms with Crippen molar-refractivity contribution < 1.29 is 57.9 Å². The molecule has 0 aromatic heterocycles. The number of hydrogen-bond donors (Lipinski definition) is 3. The van der Waals surface area contributed by atoms with Crippen LogP contribution >= 0.6 is 0 Å². The average molecular weight is 831 g/mol. The van der Waals surface area contributed by atoms with E-state index in [0.29, 0.717) is 38.9 Å². The predicted octanol–water partition coefficient (Wildman–Crippen LogP) is 4.61. The first-order valence-corrected chi connectivity index (χ1v) is 21.7. The van der Waals surface area contributed by atoms with Crippen LogP contribution in [0.25, 0.3) is 0 Å². The van der Waals surface area contributed by atoms with Crippen molar-refractivity contribution in [3.05, 3.63) is 48.1 Å². The molecule has 332 valence electrons. The number of piperazine rings is 1. The lowest BCUT2D eigenvalue weighted by atomic mass is 9.88. The quantitative estimate of drug-likeness (QED) is 0.0355. The number of aliphatic hydroxyl groups excluding tert-OH is 2. The van der Waals surface area contributed by atoms with Crippen molar-refractivity contribution in [2.24, 2.45) is 11.8 Å². The van der Waals surface area contributed by atoms with Crippen LogP contribution in [0.3, 0.4) is 0 Å². The number of rotatable bonds is 17. The van der Waals surface area contributed by atoms with E-state index in [1.807, 2.05) is 40.7 Å². The van der Waals surface area contributed by atoms with Gasteiger partial charge in [-0.05, 0) is 70.9 Å². The summed E-state index contributed by atoms with van der Waals surface area (Å²) >= 11 is 0. The summed E-state index contributed by atoms with van der Waals surface area (Å²) in [6.07, 6.45) is 13.0. The molecule has 0 bridgehead atoms. The number of aliphatic hydroxyl groups is 3. The van der Waals surface area contributed by atoms with Crippen LogP contribution in [-0.4, -0.2) is 155 Å². The van der Waals surface area contributed by atoms with Gasteiger partial charge in [-0.3, -0.25) is 24.2 Å². The zero-order valence-electron chi connectivity index (χ0n) is 36.7. The van der Waals surface area contributed by atoms with Gasteiger partial charge in [0.15, 0.2) is 6.10 Å². The third-order valence-electron chi connectivity index (χ3n) is 12.8. The monoisotopic (exact) mass is 831 g/mol. The molecule has 4 rings (SSSR count). The van der Waals surface area contributed by atoms with Gasteiger partial charge in [-0.25, -0.2) is 4.79 Å². The number of nitrogens with zero attached hydrogens (tertiary/aromatic N) is 3. The molecule has 2 saturated heterocycles. The number of hydrogen-bond acceptors (Lipinski definition) is 11. The Morgan fingerprint density at radius 2 is 1.78 bits per heavy atom. The van der Waals surface area contributed by atoms with Crippen LogP contribution in [0.15, 0.2) is 48.1 Å². The third kappa shape index (κ3) is 14.1. The fraction of sp³-hybridized carbons (Fsp3) is 0.733. The standard InChI is InChI=1S/C45H72N3O11/c1-9-35(50)33(4)42-36(57-42)30-44(5,55)21-14-15-31(2)41-32(3)16-17-37(45(6,56-8)22-20-34(49)29-40(53)59-41)58-43(54)46-24-27-48(7,28-25-46)26-13-11-10-12-23-47-38(51)18-19-39(47)52/h14-19,21,32-37,41-42,49-50,55H,9-13,20,22-30H2,1-8H3/q+1/b17-16+,21-14+,31-15+/t32-,33+,34+,35-,36+,37+,41+,42+,44-,45+/m0/s1. The van der Waals surface area contributed by atoms with Crippen molar-refractivity contribution in [1.82, 2.24) is 9.80 Å². The highest BCUT2D eigenvalue weighted by atomic mass is 16.6. The Bertz CT molecular complexity index is 1550. The van der Waals surface area contributed by atoms with Gasteiger partial charge in [-0.1, -0.05) is 51.5 Å². The Morgan fingerprint density at radius 1 is 1.12 bits per heavy atom. The highest BCUT2D eigenvalue weighted by molar-refractivity contribution is 6.12. The van der Waals surface area contributed by atoms with Gasteiger partial charge in [-0.15, -0.1) is 0 Å². The van der Waals surface area contributed by atoms with Crippen LogP contribution in [-0.2, 0) is 33.3 Å². The molecule has 0 saturated carbocycles. The number of epoxide rings is 1. The van der Waals surface area contributed by atoms with E-state index in [1.54, 1.807) is 43.2 Å². The van der Waals surface area contributed by atoms with Crippen LogP contribution in [0.1, 0.15) is 99.3 Å². The zero-order valence-corrected chi connectivity index (χ0v) is 36.7. The molecule has 0 aromatic rings. The third-order valence-corrected chi connectivity index (χ3v) is 12.8. The minimum absolute atomic E-state index is 0.0198. The highest BCUT2D eigenvalue weighted by Crippen LogP contribution is 2.38. The van der Waals surface area contributed by atoms with Crippen molar-refractivity contribution in [1.29, 1.82) is 0 Å². The maximum absolute atomic E-state index is 13.7. The number of esters is 1. The summed E-state index contributed by atoms with van der Waals surface area (Å²) in [7, 11) is 3.76. The number of carbonyl (C=O) groups is 4. The summed E-state index contributed by atoms with van der Waals surface area (Å²) in [6, 6.07) is 0. The minimum Gasteiger partial charge on any atom is -0.457 e. The second-order valence-corrected chi connectivity index (χ2v) is 18.0. The number of allylic oxidation sites excluding steroid dienone is 2. The fourth-order valence-electron chi connectivity index (χ4n) is 8.31. The van der Waals surface area contributed by atoms with Crippen molar-refractivity contribution in [3.63, 3.8) is 0 Å². The summed E-state index contributed by atoms with van der Waals surface area (Å²) < 4.78 is 24.8. The number of unbranched alkanes of at least 4 members (excludes halogenated alkanes) is 3. The molecule has 0 unspecified atom stereocenters. The minimum atomic E-state index is -1.17. The summed E-state index contributed by atoms with van der Waals surface area (Å²) in [6.45, 7) is 15.2. The van der Waals surface area contributed by atoms with E-state index in [1.165, 1.54) is 17.1 Å². The molecule has 0 aromatic carbocycles. The maximum atomic E-state index is 13.7. The lowest BCUT2D eigenvalue weighted by molar-refractivity contribution is -0.913. The fourth-order valence-corrected chi connectivity index (χ4v) is 8.31. The van der Waals surface area contributed by atoms with Gasteiger partial charge in [0, 0.05) is 44.1 Å². The van der Waals surface area contributed by atoms with Gasteiger partial charge in [0.1, 0.15) is 11.7 Å². The first-order valence-electron chi connectivity index (χ1n) is 21.7. The van der Waals surface area contributed by atoms with E-state index < -0.39 is 47.7 Å². The number of imide groups is 1. The van der Waals surface area contributed by atoms with E-state index in [0.717, 1.165) is 55.4 Å². The van der Waals surface area contributed by atoms with E-state index in [9.17, 15) is 34.5 Å². The van der Waals surface area contributed by atoms with Crippen molar-refractivity contribution in [2.75, 3.05) is 53.4 Å². The normalized spacial score (nSPS) is 31.9. The molecule has 4 heterocycles. The molecule has 0 aliphatic carbocycles. The van der Waals surface area contributed by atoms with Gasteiger partial charge in [0.05, 0.1) is 76.2 Å². The Balaban J connectivity index is 1.36. The number of likely N-dealkylation sites (N-methyl/N-ethyl adjacent to an activating group) is 1. The zero-order chi connectivity index (χ0) is 43.5. The summed E-state index contributed by atoms with van der Waals surface area (Å²) in [5, 5.41) is 32.2. The van der Waals surface area contributed by atoms with E-state index in [2.05, 4.69) is 7.05 Å². The summed E-state index contributed by atoms with van der Waals surface area (Å²) in [5.74, 6) is -1.38. The van der Waals surface area contributed by atoms with Gasteiger partial charge in [-0.2, -0.15) is 0 Å². The molecule has 59 heavy (non-hydrogen) atoms. The molecule has 4 aliphatic rings. The second kappa shape index (κ2) is 21.4. The molecular formula is C45H72N3O11+. The van der Waals surface area contributed by atoms with Crippen molar-refractivity contribution in [3.8, 4) is 0 Å². The molecule has 14 heteroatoms. The molecule has 3 amide bonds. The SMILES string of the molecule is CC[C@H](O)[C@@H](C)[C@H]1O[C@@H]1C[C@@](C)(O)/C=C/C=C(\C)[C@H]1OC(=O)C[C@H](O)CC[C@@](C)(OC)[C@H](OC(=O)N2CC[N+](C)(CCCCCCN3C(=O)C=CC3=O)CC2)/C=C/[C@@H]1C. The Morgan fingerprint density at radius 3 is 2.42 bits per heavy atom. The summed E-state index contributed by atoms with van der Waals surface area (Å²) in [5.41, 5.74) is -1.44. The Labute approximate surface area is 351 Å². The maximum Gasteiger partial charge on any atom is 0.410 e. The molecule has 4 aliphatic heterocycles. The number of ether oxygens (including phenoxy) is 4. The largest absolute Gasteiger partial charge is 0.457 e. The van der Waals surface area contributed by atoms with E-state index >= 15 is 0 Å². The lowest BCUT2D eigenvalue weighted by Gasteiger charge is -2.42. The van der Waals surface area contributed by atoms with E-state index in [4.69, 9.17) is 18.9 Å². The summed E-state index contributed by atoms with van der Waals surface area (Å²) in [4.78, 5) is 53.4. The Hall–Kier alpha value is -3.40. The van der Waals surface area contributed by atoms with Crippen molar-refractivity contribution in [2.45, 2.75) is 147 Å². The van der Waals surface area contributed by atoms with Gasteiger partial charge in [0.2, 0.25) is 0 Å². The highest BCUT2D eigenvalue weighted by Gasteiger charge is 2.47. The molecule has 0 radical (unpaired) electrons. The number of amides is 3. The smallest absolute Gasteiger partial charge is 0.410 e. The van der Waals surface area contributed by atoms with Gasteiger partial charge >= 0.3 is 12.1 Å². The molecule has 10 atom stereocenters. The van der Waals surface area contributed by atoms with Crippen LogP contribution in [0.4, 0.5) is 4.79 Å². The molecule has 14 nitrogen and oxygen atoms in total. The predicted molar refractivity (Wildman–Crippen MR) is 223 cm³/mol. The lowest BCUT2D eigenvalue weighted by Crippen LogP contribution is -2.59. The van der Waals surface area contributed by atoms with Crippen LogP contribution in [0.2, 0.25) is 0 Å². The van der Waals surface area contributed by atoms with E-state index in [-0.39, 0.29) is 48.7 Å². The van der Waals surface area contributed by atoms with Crippen LogP contribution < -0.4 is 0 Å². The van der Waals surface area contributed by atoms with Crippen LogP contribution in [0.5, 0.6) is 0 Å². The first-order chi connectivity index (χ1) is 27.8. The molecule has 2 fully saturated rings. The van der Waals surface area contributed by atoms with Crippen molar-refractivity contribution >= 4 is 23.9 Å². The molecular weight excluding hydrogens is 759 g/mol. The average Bonchev–Trinajstić information content (AvgIpc) is 3.87. The Kier molecular flexibility index (Phi) is 17.5. The van der Waals surface area contributed by atoms with Gasteiger partial charge in [0.25, 0.3) is 11.8 Å². The number of carbonyl (C=O) groups excluding carboxylic acids is 4. The second-order valence-electron chi connectivity index (χ2n) is 18.0. The molecule has 0 spiro atoms. The number of cyclic esters (lactones) is 1. The molecule has 3 N–H and O–H groups in total. The van der Waals surface area contributed by atoms with Gasteiger partial charge < -0.3 is 38.8 Å². The van der Waals surface area contributed by atoms with Crippen LogP contribution in [0, 0.1) is 11.8 Å². The number of quaternary nitrogens is 1. The first kappa shape index (κ1) is 48.3. The topological polar surface area (TPSA) is 176 Å². The number of methoxy groups -OCH3 is 1.